The molecule has 6 heteroatoms. The topological polar surface area (TPSA) is 34.9 Å². The van der Waals surface area contributed by atoms with E-state index >= 15 is 0 Å². The van der Waals surface area contributed by atoms with Crippen LogP contribution < -0.4 is 0 Å². The van der Waals surface area contributed by atoms with Crippen LogP contribution in [0.3, 0.4) is 0 Å². The summed E-state index contributed by atoms with van der Waals surface area (Å²) >= 11 is 0. The fourth-order valence-electron chi connectivity index (χ4n) is 1.30. The van der Waals surface area contributed by atoms with Crippen LogP contribution in [0.2, 0.25) is 0 Å². The third-order valence-corrected chi connectivity index (χ3v) is 2.40. The Bertz CT molecular complexity index is 395. The van der Waals surface area contributed by atoms with Crippen molar-refractivity contribution >= 4 is 5.78 Å². The van der Waals surface area contributed by atoms with Gasteiger partial charge in [-0.2, -0.15) is 18.3 Å². The number of ketones is 1. The molecule has 0 saturated heterocycles. The molecule has 1 aromatic heterocycles. The molecule has 0 radical (unpaired) electrons. The highest BCUT2D eigenvalue weighted by molar-refractivity contribution is 5.92. The van der Waals surface area contributed by atoms with Crippen molar-refractivity contribution in [2.75, 3.05) is 0 Å². The predicted molar refractivity (Wildman–Crippen MR) is 52.2 cm³/mol. The van der Waals surface area contributed by atoms with Gasteiger partial charge in [0, 0.05) is 13.0 Å². The number of hydrogen-bond donors (Lipinski definition) is 0. The van der Waals surface area contributed by atoms with Gasteiger partial charge in [-0.1, -0.05) is 6.92 Å². The van der Waals surface area contributed by atoms with Gasteiger partial charge in [0.25, 0.3) is 0 Å². The minimum atomic E-state index is -4.51. The van der Waals surface area contributed by atoms with E-state index in [1.54, 1.807) is 6.92 Å². The van der Waals surface area contributed by atoms with Crippen LogP contribution in [0, 0.1) is 0 Å². The third-order valence-electron chi connectivity index (χ3n) is 2.40. The first-order valence-electron chi connectivity index (χ1n) is 4.95. The van der Waals surface area contributed by atoms with E-state index in [-0.39, 0.29) is 11.7 Å². The average Bonchev–Trinajstić information content (AvgIpc) is 2.60. The van der Waals surface area contributed by atoms with Gasteiger partial charge in [-0.3, -0.25) is 9.48 Å². The molecule has 0 aliphatic heterocycles. The monoisotopic (exact) mass is 234 g/mol. The summed E-state index contributed by atoms with van der Waals surface area (Å²) in [4.78, 5) is 11.2. The van der Waals surface area contributed by atoms with Crippen molar-refractivity contribution < 1.29 is 18.0 Å². The summed E-state index contributed by atoms with van der Waals surface area (Å²) in [6, 6.07) is 0.573. The number of alkyl halides is 3. The molecule has 0 aromatic carbocycles. The summed E-state index contributed by atoms with van der Waals surface area (Å²) < 4.78 is 38.4. The van der Waals surface area contributed by atoms with E-state index in [0.717, 1.165) is 10.7 Å². The highest BCUT2D eigenvalue weighted by atomic mass is 19.4. The molecule has 0 spiro atoms. The smallest absolute Gasteiger partial charge is 0.293 e. The number of halogens is 3. The zero-order chi connectivity index (χ0) is 12.5. The molecule has 1 atom stereocenters. The Labute approximate surface area is 91.3 Å². The average molecular weight is 234 g/mol. The Morgan fingerprint density at radius 3 is 2.50 bits per heavy atom. The van der Waals surface area contributed by atoms with E-state index in [9.17, 15) is 18.0 Å². The molecule has 0 saturated carbocycles. The maximum Gasteiger partial charge on any atom is 0.435 e. The Balaban J connectivity index is 3.26. The minimum absolute atomic E-state index is 0.00155. The lowest BCUT2D eigenvalue weighted by molar-refractivity contribution is -0.141. The number of nitrogens with zero attached hydrogens (tertiary/aromatic N) is 2. The van der Waals surface area contributed by atoms with Gasteiger partial charge < -0.3 is 0 Å². The first-order valence-corrected chi connectivity index (χ1v) is 4.95. The van der Waals surface area contributed by atoms with Crippen LogP contribution >= 0.6 is 0 Å². The maximum atomic E-state index is 12.4. The fraction of sp³-hybridized carbons (Fsp3) is 0.600. The van der Waals surface area contributed by atoms with Crippen LogP contribution in [0.1, 0.15) is 49.4 Å². The summed E-state index contributed by atoms with van der Waals surface area (Å²) in [6.45, 7) is 4.78. The summed E-state index contributed by atoms with van der Waals surface area (Å²) in [6.07, 6.45) is -3.90. The van der Waals surface area contributed by atoms with E-state index in [1.807, 2.05) is 6.92 Å². The first kappa shape index (κ1) is 12.7. The molecule has 1 heterocycles. The highest BCUT2D eigenvalue weighted by Gasteiger charge is 2.35. The van der Waals surface area contributed by atoms with Crippen molar-refractivity contribution in [2.24, 2.45) is 0 Å². The molecular weight excluding hydrogens is 221 g/mol. The summed E-state index contributed by atoms with van der Waals surface area (Å²) in [5.41, 5.74) is -1.01. The van der Waals surface area contributed by atoms with E-state index in [0.29, 0.717) is 6.42 Å². The number of Topliss-reactive ketones (excluding diaryl/α,β-unsaturated/α-hetero) is 1. The van der Waals surface area contributed by atoms with Crippen molar-refractivity contribution in [1.82, 2.24) is 9.78 Å². The van der Waals surface area contributed by atoms with Crippen LogP contribution in [-0.4, -0.2) is 15.6 Å². The second-order valence-corrected chi connectivity index (χ2v) is 3.67. The lowest BCUT2D eigenvalue weighted by atomic mass is 10.2. The molecular formula is C10H13F3N2O. The molecule has 1 rings (SSSR count). The van der Waals surface area contributed by atoms with Crippen LogP contribution in [0.25, 0.3) is 0 Å². The van der Waals surface area contributed by atoms with Crippen molar-refractivity contribution in [2.45, 2.75) is 39.4 Å². The van der Waals surface area contributed by atoms with Gasteiger partial charge in [0.1, 0.15) is 5.69 Å². The molecule has 0 bridgehead atoms. The van der Waals surface area contributed by atoms with Crippen LogP contribution in [0.5, 0.6) is 0 Å². The van der Waals surface area contributed by atoms with Crippen LogP contribution in [-0.2, 0) is 6.18 Å². The number of aromatic nitrogens is 2. The normalized spacial score (nSPS) is 13.9. The van der Waals surface area contributed by atoms with E-state index in [1.165, 1.54) is 6.92 Å². The molecule has 0 aliphatic carbocycles. The van der Waals surface area contributed by atoms with Crippen molar-refractivity contribution in [3.05, 3.63) is 17.5 Å². The molecule has 16 heavy (non-hydrogen) atoms. The number of rotatable bonds is 3. The lowest BCUT2D eigenvalue weighted by Crippen LogP contribution is -2.13. The maximum absolute atomic E-state index is 12.4. The Kier molecular flexibility index (Phi) is 3.40. The van der Waals surface area contributed by atoms with Gasteiger partial charge in [0.15, 0.2) is 11.5 Å². The number of carbonyl (C=O) groups is 1. The second-order valence-electron chi connectivity index (χ2n) is 3.67. The zero-order valence-corrected chi connectivity index (χ0v) is 9.30. The summed E-state index contributed by atoms with van der Waals surface area (Å²) in [5, 5.41) is 3.44. The van der Waals surface area contributed by atoms with Gasteiger partial charge in [0.05, 0.1) is 0 Å². The second kappa shape index (κ2) is 4.27. The number of carbonyl (C=O) groups excluding carboxylic acids is 1. The van der Waals surface area contributed by atoms with Gasteiger partial charge in [-0.25, -0.2) is 0 Å². The van der Waals surface area contributed by atoms with E-state index < -0.39 is 17.7 Å². The Hall–Kier alpha value is -1.33. The molecule has 0 amide bonds. The summed E-state index contributed by atoms with van der Waals surface area (Å²) in [7, 11) is 0. The van der Waals surface area contributed by atoms with Crippen molar-refractivity contribution in [3.8, 4) is 0 Å². The van der Waals surface area contributed by atoms with Crippen molar-refractivity contribution in [3.63, 3.8) is 0 Å². The third kappa shape index (κ3) is 2.43. The van der Waals surface area contributed by atoms with E-state index in [4.69, 9.17) is 0 Å². The van der Waals surface area contributed by atoms with Crippen LogP contribution in [0.15, 0.2) is 6.07 Å². The fourth-order valence-corrected chi connectivity index (χ4v) is 1.30. The van der Waals surface area contributed by atoms with Gasteiger partial charge in [-0.05, 0) is 19.4 Å². The molecule has 0 fully saturated rings. The standard InChI is InChI=1S/C10H13F3N2O/c1-4-6(2)15-8(7(3)16)5-9(14-15)10(11,12)13/h5-6H,4H2,1-3H3. The van der Waals surface area contributed by atoms with Gasteiger partial charge in [0.2, 0.25) is 0 Å². The Morgan fingerprint density at radius 1 is 1.56 bits per heavy atom. The molecule has 0 N–H and O–H groups in total. The van der Waals surface area contributed by atoms with Crippen LogP contribution in [0.4, 0.5) is 13.2 Å². The predicted octanol–water partition coefficient (Wildman–Crippen LogP) is 3.08. The van der Waals surface area contributed by atoms with E-state index in [2.05, 4.69) is 5.10 Å². The highest BCUT2D eigenvalue weighted by Crippen LogP contribution is 2.29. The first-order chi connectivity index (χ1) is 7.27. The molecule has 1 aromatic rings. The van der Waals surface area contributed by atoms with Gasteiger partial charge >= 0.3 is 6.18 Å². The molecule has 90 valence electrons. The Morgan fingerprint density at radius 2 is 2.12 bits per heavy atom. The molecule has 0 aliphatic rings. The summed E-state index contributed by atoms with van der Waals surface area (Å²) in [5.74, 6) is -0.414. The lowest BCUT2D eigenvalue weighted by Gasteiger charge is -2.11. The van der Waals surface area contributed by atoms with Crippen molar-refractivity contribution in [1.29, 1.82) is 0 Å². The number of hydrogen-bond acceptors (Lipinski definition) is 2. The zero-order valence-electron chi connectivity index (χ0n) is 9.30. The SMILES string of the molecule is CCC(C)n1nc(C(F)(F)F)cc1C(C)=O. The van der Waals surface area contributed by atoms with Gasteiger partial charge in [-0.15, -0.1) is 0 Å². The molecule has 1 unspecified atom stereocenters. The largest absolute Gasteiger partial charge is 0.435 e. The minimum Gasteiger partial charge on any atom is -0.293 e. The quantitative estimate of drug-likeness (QED) is 0.753. The molecule has 3 nitrogen and oxygen atoms in total.